The van der Waals surface area contributed by atoms with Crippen molar-refractivity contribution < 1.29 is 0 Å². The molecule has 0 aromatic carbocycles. The molecule has 1 saturated heterocycles. The van der Waals surface area contributed by atoms with Gasteiger partial charge in [0.25, 0.3) is 0 Å². The van der Waals surface area contributed by atoms with Crippen LogP contribution in [0.2, 0.25) is 0 Å². The molecule has 1 aliphatic heterocycles. The third-order valence-corrected chi connectivity index (χ3v) is 2.61. The molecule has 72 valence electrons. The van der Waals surface area contributed by atoms with E-state index in [-0.39, 0.29) is 0 Å². The van der Waals surface area contributed by atoms with Crippen molar-refractivity contribution in [3.63, 3.8) is 0 Å². The molecule has 0 amide bonds. The Morgan fingerprint density at radius 3 is 2.33 bits per heavy atom. The van der Waals surface area contributed by atoms with Crippen molar-refractivity contribution in [2.75, 3.05) is 39.3 Å². The van der Waals surface area contributed by atoms with E-state index >= 15 is 0 Å². The number of nitrogens with two attached hydrogens (primary N) is 1. The van der Waals surface area contributed by atoms with E-state index in [4.69, 9.17) is 5.73 Å². The SMILES string of the molecule is CCN(CC)CCN1CC(N)C1. The molecular weight excluding hydrogens is 150 g/mol. The molecule has 0 unspecified atom stereocenters. The number of nitrogens with zero attached hydrogens (tertiary/aromatic N) is 2. The lowest BCUT2D eigenvalue weighted by Gasteiger charge is -2.37. The van der Waals surface area contributed by atoms with Crippen molar-refractivity contribution in [2.45, 2.75) is 19.9 Å². The Labute approximate surface area is 75.5 Å². The van der Waals surface area contributed by atoms with Gasteiger partial charge in [-0.15, -0.1) is 0 Å². The van der Waals surface area contributed by atoms with Crippen molar-refractivity contribution in [3.05, 3.63) is 0 Å². The summed E-state index contributed by atoms with van der Waals surface area (Å²) < 4.78 is 0. The zero-order chi connectivity index (χ0) is 8.97. The predicted molar refractivity (Wildman–Crippen MR) is 52.2 cm³/mol. The van der Waals surface area contributed by atoms with Gasteiger partial charge in [-0.1, -0.05) is 13.8 Å². The Morgan fingerprint density at radius 1 is 1.33 bits per heavy atom. The summed E-state index contributed by atoms with van der Waals surface area (Å²) in [5.41, 5.74) is 5.68. The zero-order valence-corrected chi connectivity index (χ0v) is 8.29. The highest BCUT2D eigenvalue weighted by Gasteiger charge is 2.22. The second-order valence-electron chi connectivity index (χ2n) is 3.55. The maximum atomic E-state index is 5.68. The Hall–Kier alpha value is -0.120. The quantitative estimate of drug-likeness (QED) is 0.630. The summed E-state index contributed by atoms with van der Waals surface area (Å²) in [5, 5.41) is 0. The fourth-order valence-corrected chi connectivity index (χ4v) is 1.62. The molecule has 0 aromatic rings. The number of hydrogen-bond donors (Lipinski definition) is 1. The molecule has 1 heterocycles. The number of rotatable bonds is 5. The molecule has 0 radical (unpaired) electrons. The third-order valence-electron chi connectivity index (χ3n) is 2.61. The maximum absolute atomic E-state index is 5.68. The van der Waals surface area contributed by atoms with Crippen LogP contribution in [-0.2, 0) is 0 Å². The van der Waals surface area contributed by atoms with Crippen LogP contribution in [0.15, 0.2) is 0 Å². The summed E-state index contributed by atoms with van der Waals surface area (Å²) in [5.74, 6) is 0. The summed E-state index contributed by atoms with van der Waals surface area (Å²) in [6.45, 7) is 11.3. The maximum Gasteiger partial charge on any atom is 0.0297 e. The van der Waals surface area contributed by atoms with Gasteiger partial charge in [-0.3, -0.25) is 4.90 Å². The molecule has 0 spiro atoms. The monoisotopic (exact) mass is 171 g/mol. The van der Waals surface area contributed by atoms with Gasteiger partial charge in [0.2, 0.25) is 0 Å². The van der Waals surface area contributed by atoms with E-state index in [1.807, 2.05) is 0 Å². The van der Waals surface area contributed by atoms with Gasteiger partial charge >= 0.3 is 0 Å². The minimum absolute atomic E-state index is 0.446. The molecule has 0 aliphatic carbocycles. The summed E-state index contributed by atoms with van der Waals surface area (Å²) in [4.78, 5) is 4.87. The fraction of sp³-hybridized carbons (Fsp3) is 1.00. The Morgan fingerprint density at radius 2 is 1.92 bits per heavy atom. The predicted octanol–water partition coefficient (Wildman–Crippen LogP) is -0.0289. The second kappa shape index (κ2) is 4.80. The van der Waals surface area contributed by atoms with E-state index in [2.05, 4.69) is 23.6 Å². The average Bonchev–Trinajstić information content (AvgIpc) is 2.03. The van der Waals surface area contributed by atoms with Gasteiger partial charge in [0, 0.05) is 32.2 Å². The van der Waals surface area contributed by atoms with Crippen molar-refractivity contribution in [1.82, 2.24) is 9.80 Å². The topological polar surface area (TPSA) is 32.5 Å². The third kappa shape index (κ3) is 2.73. The first-order valence-corrected chi connectivity index (χ1v) is 4.96. The van der Waals surface area contributed by atoms with Crippen molar-refractivity contribution in [1.29, 1.82) is 0 Å². The summed E-state index contributed by atoms with van der Waals surface area (Å²) in [6.07, 6.45) is 0. The fourth-order valence-electron chi connectivity index (χ4n) is 1.62. The lowest BCUT2D eigenvalue weighted by Crippen LogP contribution is -2.57. The average molecular weight is 171 g/mol. The van der Waals surface area contributed by atoms with E-state index in [1.54, 1.807) is 0 Å². The van der Waals surface area contributed by atoms with E-state index in [9.17, 15) is 0 Å². The van der Waals surface area contributed by atoms with Crippen LogP contribution in [0.1, 0.15) is 13.8 Å². The molecule has 3 heteroatoms. The van der Waals surface area contributed by atoms with Crippen LogP contribution in [0.25, 0.3) is 0 Å². The zero-order valence-electron chi connectivity index (χ0n) is 8.29. The largest absolute Gasteiger partial charge is 0.325 e. The molecular formula is C9H21N3. The van der Waals surface area contributed by atoms with Gasteiger partial charge in [0.15, 0.2) is 0 Å². The van der Waals surface area contributed by atoms with E-state index in [1.165, 1.54) is 13.1 Å². The van der Waals surface area contributed by atoms with Gasteiger partial charge in [-0.05, 0) is 13.1 Å². The second-order valence-corrected chi connectivity index (χ2v) is 3.55. The number of likely N-dealkylation sites (N-methyl/N-ethyl adjacent to an activating group) is 1. The molecule has 0 aromatic heterocycles. The molecule has 2 N–H and O–H groups in total. The van der Waals surface area contributed by atoms with Crippen molar-refractivity contribution in [3.8, 4) is 0 Å². The van der Waals surface area contributed by atoms with Crippen LogP contribution in [-0.4, -0.2) is 55.1 Å². The molecule has 1 rings (SSSR count). The van der Waals surface area contributed by atoms with Crippen LogP contribution in [0, 0.1) is 0 Å². The lowest BCUT2D eigenvalue weighted by atomic mass is 10.1. The minimum atomic E-state index is 0.446. The normalized spacial score (nSPS) is 20.0. The van der Waals surface area contributed by atoms with E-state index in [0.717, 1.165) is 26.2 Å². The van der Waals surface area contributed by atoms with Crippen LogP contribution < -0.4 is 5.73 Å². The highest BCUT2D eigenvalue weighted by Crippen LogP contribution is 2.04. The van der Waals surface area contributed by atoms with Gasteiger partial charge in [0.1, 0.15) is 0 Å². The van der Waals surface area contributed by atoms with Crippen LogP contribution in [0.4, 0.5) is 0 Å². The smallest absolute Gasteiger partial charge is 0.0297 e. The first-order chi connectivity index (χ1) is 5.76. The summed E-state index contributed by atoms with van der Waals surface area (Å²) in [7, 11) is 0. The highest BCUT2D eigenvalue weighted by atomic mass is 15.2. The molecule has 12 heavy (non-hydrogen) atoms. The molecule has 0 atom stereocenters. The Bertz CT molecular complexity index is 117. The number of hydrogen-bond acceptors (Lipinski definition) is 3. The molecule has 0 bridgehead atoms. The minimum Gasteiger partial charge on any atom is -0.325 e. The van der Waals surface area contributed by atoms with Gasteiger partial charge in [-0.2, -0.15) is 0 Å². The van der Waals surface area contributed by atoms with Gasteiger partial charge in [0.05, 0.1) is 0 Å². The van der Waals surface area contributed by atoms with Crippen LogP contribution >= 0.6 is 0 Å². The van der Waals surface area contributed by atoms with Crippen molar-refractivity contribution >= 4 is 0 Å². The number of likely N-dealkylation sites (tertiary alicyclic amines) is 1. The van der Waals surface area contributed by atoms with Gasteiger partial charge < -0.3 is 10.6 Å². The first-order valence-electron chi connectivity index (χ1n) is 4.96. The van der Waals surface area contributed by atoms with Gasteiger partial charge in [-0.25, -0.2) is 0 Å². The summed E-state index contributed by atoms with van der Waals surface area (Å²) in [6, 6.07) is 0.446. The lowest BCUT2D eigenvalue weighted by molar-refractivity contribution is 0.129. The Balaban J connectivity index is 2.01. The molecule has 1 fully saturated rings. The van der Waals surface area contributed by atoms with Crippen LogP contribution in [0.5, 0.6) is 0 Å². The van der Waals surface area contributed by atoms with E-state index in [0.29, 0.717) is 6.04 Å². The molecule has 3 nitrogen and oxygen atoms in total. The standard InChI is InChI=1S/C9H21N3/c1-3-11(4-2)5-6-12-7-9(10)8-12/h9H,3-8,10H2,1-2H3. The van der Waals surface area contributed by atoms with Crippen molar-refractivity contribution in [2.24, 2.45) is 5.73 Å². The van der Waals surface area contributed by atoms with E-state index < -0.39 is 0 Å². The van der Waals surface area contributed by atoms with Crippen LogP contribution in [0.3, 0.4) is 0 Å². The summed E-state index contributed by atoms with van der Waals surface area (Å²) >= 11 is 0. The molecule has 0 saturated carbocycles. The molecule has 1 aliphatic rings. The first kappa shape index (κ1) is 9.96. The highest BCUT2D eigenvalue weighted by molar-refractivity contribution is 4.82. The Kier molecular flexibility index (Phi) is 3.98.